The van der Waals surface area contributed by atoms with E-state index in [9.17, 15) is 9.90 Å². The Kier molecular flexibility index (Phi) is 5.28. The monoisotopic (exact) mass is 309 g/mol. The highest BCUT2D eigenvalue weighted by Crippen LogP contribution is 2.36. The number of carbonyl (C=O) groups is 1. The summed E-state index contributed by atoms with van der Waals surface area (Å²) >= 11 is 5.92. The summed E-state index contributed by atoms with van der Waals surface area (Å²) in [6.07, 6.45) is 3.36. The second-order valence-corrected chi connectivity index (χ2v) is 6.48. The third-order valence-corrected chi connectivity index (χ3v) is 4.90. The van der Waals surface area contributed by atoms with Gasteiger partial charge in [0.1, 0.15) is 0 Å². The summed E-state index contributed by atoms with van der Waals surface area (Å²) in [6, 6.07) is 7.48. The van der Waals surface area contributed by atoms with Gasteiger partial charge in [-0.1, -0.05) is 30.7 Å². The number of rotatable bonds is 4. The van der Waals surface area contributed by atoms with Crippen LogP contribution in [0.5, 0.6) is 0 Å². The summed E-state index contributed by atoms with van der Waals surface area (Å²) in [7, 11) is 0. The second kappa shape index (κ2) is 6.80. The molecule has 1 aliphatic heterocycles. The number of hydrogen-bond acceptors (Lipinski definition) is 2. The third kappa shape index (κ3) is 3.98. The zero-order valence-electron chi connectivity index (χ0n) is 12.8. The van der Waals surface area contributed by atoms with Crippen LogP contribution in [0.25, 0.3) is 0 Å². The van der Waals surface area contributed by atoms with Crippen LogP contribution in [0.3, 0.4) is 0 Å². The summed E-state index contributed by atoms with van der Waals surface area (Å²) in [5.41, 5.74) is 0.136. The van der Waals surface area contributed by atoms with Gasteiger partial charge in [-0.2, -0.15) is 0 Å². The van der Waals surface area contributed by atoms with Crippen molar-refractivity contribution in [3.05, 3.63) is 34.9 Å². The lowest BCUT2D eigenvalue weighted by Crippen LogP contribution is -2.39. The number of hydrogen-bond donors (Lipinski definition) is 1. The maximum Gasteiger partial charge on any atom is 0.219 e. The first kappa shape index (κ1) is 16.3. The molecule has 1 fully saturated rings. The minimum Gasteiger partial charge on any atom is -0.385 e. The van der Waals surface area contributed by atoms with Gasteiger partial charge in [-0.15, -0.1) is 0 Å². The molecule has 2 rings (SSSR count). The number of piperidine rings is 1. The normalized spacial score (nSPS) is 19.3. The molecule has 1 atom stereocenters. The Balaban J connectivity index is 2.02. The Morgan fingerprint density at radius 3 is 2.38 bits per heavy atom. The predicted octanol–water partition coefficient (Wildman–Crippen LogP) is 3.59. The van der Waals surface area contributed by atoms with Gasteiger partial charge >= 0.3 is 0 Å². The highest BCUT2D eigenvalue weighted by molar-refractivity contribution is 6.30. The van der Waals surface area contributed by atoms with Crippen LogP contribution in [0, 0.1) is 5.92 Å². The van der Waals surface area contributed by atoms with Crippen molar-refractivity contribution in [1.29, 1.82) is 0 Å². The fourth-order valence-corrected chi connectivity index (χ4v) is 3.28. The zero-order valence-corrected chi connectivity index (χ0v) is 13.6. The largest absolute Gasteiger partial charge is 0.385 e. The molecular weight excluding hydrogens is 286 g/mol. The Hall–Kier alpha value is -1.06. The second-order valence-electron chi connectivity index (χ2n) is 6.05. The van der Waals surface area contributed by atoms with Crippen molar-refractivity contribution < 1.29 is 9.90 Å². The highest BCUT2D eigenvalue weighted by atomic mass is 35.5. The quantitative estimate of drug-likeness (QED) is 0.923. The van der Waals surface area contributed by atoms with E-state index in [1.165, 1.54) is 0 Å². The molecule has 21 heavy (non-hydrogen) atoms. The molecule has 1 aromatic carbocycles. The smallest absolute Gasteiger partial charge is 0.219 e. The topological polar surface area (TPSA) is 40.5 Å². The molecule has 0 aromatic heterocycles. The van der Waals surface area contributed by atoms with Gasteiger partial charge in [0.2, 0.25) is 5.91 Å². The van der Waals surface area contributed by atoms with E-state index in [1.54, 1.807) is 6.92 Å². The summed E-state index contributed by atoms with van der Waals surface area (Å²) in [5, 5.41) is 11.7. The van der Waals surface area contributed by atoms with E-state index in [-0.39, 0.29) is 5.91 Å². The van der Waals surface area contributed by atoms with Crippen molar-refractivity contribution >= 4 is 17.5 Å². The summed E-state index contributed by atoms with van der Waals surface area (Å²) in [4.78, 5) is 13.3. The van der Waals surface area contributed by atoms with Crippen LogP contribution in [0.15, 0.2) is 24.3 Å². The molecule has 1 saturated heterocycles. The number of likely N-dealkylation sites (tertiary alicyclic amines) is 1. The van der Waals surface area contributed by atoms with Gasteiger partial charge < -0.3 is 10.0 Å². The first-order valence-corrected chi connectivity index (χ1v) is 8.06. The minimum absolute atomic E-state index is 0.150. The summed E-state index contributed by atoms with van der Waals surface area (Å²) in [5.74, 6) is 0.609. The average Bonchev–Trinajstić information content (AvgIpc) is 2.48. The Bertz CT molecular complexity index is 480. The van der Waals surface area contributed by atoms with E-state index >= 15 is 0 Å². The van der Waals surface area contributed by atoms with Gasteiger partial charge in [-0.05, 0) is 49.3 Å². The zero-order chi connectivity index (χ0) is 15.5. The predicted molar refractivity (Wildman–Crippen MR) is 85.2 cm³/mol. The van der Waals surface area contributed by atoms with E-state index < -0.39 is 5.60 Å². The maximum atomic E-state index is 11.4. The number of carbonyl (C=O) groups excluding carboxylic acids is 1. The molecule has 1 aliphatic rings. The lowest BCUT2D eigenvalue weighted by Gasteiger charge is -2.36. The molecule has 1 N–H and O–H groups in total. The van der Waals surface area contributed by atoms with E-state index in [2.05, 4.69) is 0 Å². The lowest BCUT2D eigenvalue weighted by molar-refractivity contribution is -0.130. The lowest BCUT2D eigenvalue weighted by atomic mass is 9.79. The first-order chi connectivity index (χ1) is 9.94. The number of amides is 1. The van der Waals surface area contributed by atoms with Crippen molar-refractivity contribution in [3.8, 4) is 0 Å². The fourth-order valence-electron chi connectivity index (χ4n) is 3.16. The van der Waals surface area contributed by atoms with Crippen LogP contribution >= 0.6 is 11.6 Å². The number of aliphatic hydroxyl groups is 1. The molecule has 3 nitrogen and oxygen atoms in total. The number of nitrogens with zero attached hydrogens (tertiary/aromatic N) is 1. The van der Waals surface area contributed by atoms with Crippen molar-refractivity contribution in [2.75, 3.05) is 13.1 Å². The van der Waals surface area contributed by atoms with Gasteiger partial charge in [0.05, 0.1) is 5.60 Å². The summed E-state index contributed by atoms with van der Waals surface area (Å²) in [6.45, 7) is 5.25. The molecule has 0 unspecified atom stereocenters. The minimum atomic E-state index is -0.798. The van der Waals surface area contributed by atoms with Crippen LogP contribution in [-0.2, 0) is 10.4 Å². The van der Waals surface area contributed by atoms with Crippen molar-refractivity contribution in [1.82, 2.24) is 4.90 Å². The average molecular weight is 310 g/mol. The SMILES string of the molecule is CC[C@](O)(CC1CCN(C(C)=O)CC1)c1ccc(Cl)cc1. The molecule has 4 heteroatoms. The van der Waals surface area contributed by atoms with Crippen LogP contribution in [-0.4, -0.2) is 29.0 Å². The van der Waals surface area contributed by atoms with Crippen LogP contribution < -0.4 is 0 Å². The first-order valence-electron chi connectivity index (χ1n) is 7.68. The third-order valence-electron chi connectivity index (χ3n) is 4.65. The van der Waals surface area contributed by atoms with Crippen LogP contribution in [0.1, 0.15) is 45.1 Å². The molecule has 0 radical (unpaired) electrons. The fraction of sp³-hybridized carbons (Fsp3) is 0.588. The number of halogens is 1. The Morgan fingerprint density at radius 2 is 1.90 bits per heavy atom. The van der Waals surface area contributed by atoms with E-state index in [4.69, 9.17) is 11.6 Å². The van der Waals surface area contributed by atoms with E-state index in [0.717, 1.165) is 37.9 Å². The standard InChI is InChI=1S/C17H24ClNO2/c1-3-17(21,15-4-6-16(18)7-5-15)12-14-8-10-19(11-9-14)13(2)20/h4-7,14,21H,3,8-12H2,1-2H3/t17-/m0/s1. The van der Waals surface area contributed by atoms with Crippen LogP contribution in [0.4, 0.5) is 0 Å². The van der Waals surface area contributed by atoms with Gasteiger partial charge in [-0.25, -0.2) is 0 Å². The Morgan fingerprint density at radius 1 is 1.33 bits per heavy atom. The molecule has 0 spiro atoms. The van der Waals surface area contributed by atoms with E-state index in [0.29, 0.717) is 17.4 Å². The molecule has 1 aromatic rings. The molecule has 1 heterocycles. The van der Waals surface area contributed by atoms with Crippen molar-refractivity contribution in [2.24, 2.45) is 5.92 Å². The molecule has 116 valence electrons. The van der Waals surface area contributed by atoms with Gasteiger partial charge in [0.15, 0.2) is 0 Å². The van der Waals surface area contributed by atoms with Gasteiger partial charge in [0.25, 0.3) is 0 Å². The molecule has 0 aliphatic carbocycles. The van der Waals surface area contributed by atoms with Gasteiger partial charge in [-0.3, -0.25) is 4.79 Å². The maximum absolute atomic E-state index is 11.4. The van der Waals surface area contributed by atoms with Crippen LogP contribution in [0.2, 0.25) is 5.02 Å². The highest BCUT2D eigenvalue weighted by Gasteiger charge is 2.32. The molecule has 0 saturated carbocycles. The number of benzene rings is 1. The molecule has 0 bridgehead atoms. The Labute approximate surface area is 131 Å². The molecular formula is C17H24ClNO2. The van der Waals surface area contributed by atoms with Crippen molar-refractivity contribution in [2.45, 2.75) is 45.1 Å². The van der Waals surface area contributed by atoms with Gasteiger partial charge in [0, 0.05) is 25.0 Å². The van der Waals surface area contributed by atoms with Crippen molar-refractivity contribution in [3.63, 3.8) is 0 Å². The molecule has 1 amide bonds. The summed E-state index contributed by atoms with van der Waals surface area (Å²) < 4.78 is 0. The van der Waals surface area contributed by atoms with E-state index in [1.807, 2.05) is 36.1 Å².